The molecule has 6 nitrogen and oxygen atoms in total. The van der Waals surface area contributed by atoms with Crippen LogP contribution >= 0.6 is 15.9 Å². The number of carbonyl (C=O) groups is 2. The van der Waals surface area contributed by atoms with Crippen LogP contribution in [0.25, 0.3) is 5.69 Å². The number of hydrogen-bond acceptors (Lipinski definition) is 5. The Balaban J connectivity index is 2.02. The quantitative estimate of drug-likeness (QED) is 0.306. The van der Waals surface area contributed by atoms with Gasteiger partial charge >= 0.3 is 12.3 Å². The normalized spacial score (nSPS) is 12.3. The van der Waals surface area contributed by atoms with Gasteiger partial charge in [-0.2, -0.15) is 5.10 Å². The van der Waals surface area contributed by atoms with Gasteiger partial charge in [0.15, 0.2) is 6.10 Å². The molecule has 0 N–H and O–H groups in total. The van der Waals surface area contributed by atoms with Crippen molar-refractivity contribution in [3.8, 4) is 11.4 Å². The van der Waals surface area contributed by atoms with Crippen LogP contribution in [0, 0.1) is 0 Å². The Kier molecular flexibility index (Phi) is 7.02. The second kappa shape index (κ2) is 9.56. The van der Waals surface area contributed by atoms with Crippen molar-refractivity contribution in [1.82, 2.24) is 9.78 Å². The average Bonchev–Trinajstić information content (AvgIpc) is 3.20. The highest BCUT2D eigenvalue weighted by molar-refractivity contribution is 9.10. The standard InChI is InChI=1S/C22H18BrF3N2O4/c1-3-16-10-11-28(27-16)19-9-6-15(23)12-18(19)21(31-13(2)29)20(30)14-4-7-17(8-5-14)32-22(24,25)26/h4-12,21H,3H2,1-2H3. The van der Waals surface area contributed by atoms with Gasteiger partial charge in [0.1, 0.15) is 5.75 Å². The monoisotopic (exact) mass is 510 g/mol. The van der Waals surface area contributed by atoms with E-state index in [1.165, 1.54) is 19.1 Å². The molecule has 0 saturated carbocycles. The van der Waals surface area contributed by atoms with E-state index in [0.29, 0.717) is 22.1 Å². The first-order chi connectivity index (χ1) is 15.1. The van der Waals surface area contributed by atoms with Gasteiger partial charge in [-0.05, 0) is 55.0 Å². The van der Waals surface area contributed by atoms with Crippen LogP contribution in [-0.4, -0.2) is 27.9 Å². The smallest absolute Gasteiger partial charge is 0.449 e. The van der Waals surface area contributed by atoms with E-state index in [1.807, 2.05) is 13.0 Å². The number of rotatable bonds is 7. The summed E-state index contributed by atoms with van der Waals surface area (Å²) in [4.78, 5) is 25.1. The zero-order valence-electron chi connectivity index (χ0n) is 17.0. The third-order valence-corrected chi connectivity index (χ3v) is 4.91. The van der Waals surface area contributed by atoms with Gasteiger partial charge in [-0.15, -0.1) is 13.2 Å². The highest BCUT2D eigenvalue weighted by atomic mass is 79.9. The van der Waals surface area contributed by atoms with Crippen LogP contribution in [0.15, 0.2) is 59.2 Å². The molecule has 32 heavy (non-hydrogen) atoms. The Labute approximate surface area is 190 Å². The van der Waals surface area contributed by atoms with E-state index in [2.05, 4.69) is 25.8 Å². The molecule has 2 aromatic carbocycles. The van der Waals surface area contributed by atoms with Gasteiger partial charge in [-0.25, -0.2) is 4.68 Å². The molecular weight excluding hydrogens is 493 g/mol. The average molecular weight is 511 g/mol. The molecular formula is C22H18BrF3N2O4. The molecule has 3 rings (SSSR count). The van der Waals surface area contributed by atoms with Gasteiger partial charge in [0.25, 0.3) is 0 Å². The lowest BCUT2D eigenvalue weighted by molar-refractivity contribution is -0.274. The molecule has 10 heteroatoms. The SMILES string of the molecule is CCc1ccn(-c2ccc(Br)cc2C(OC(C)=O)C(=O)c2ccc(OC(F)(F)F)cc2)n1. The lowest BCUT2D eigenvalue weighted by Crippen LogP contribution is -2.21. The van der Waals surface area contributed by atoms with Gasteiger partial charge in [-0.1, -0.05) is 22.9 Å². The third-order valence-electron chi connectivity index (χ3n) is 4.42. The molecule has 1 unspecified atom stereocenters. The number of benzene rings is 2. The summed E-state index contributed by atoms with van der Waals surface area (Å²) < 4.78 is 48.6. The van der Waals surface area contributed by atoms with E-state index < -0.39 is 30.0 Å². The molecule has 0 saturated heterocycles. The Morgan fingerprint density at radius 1 is 1.12 bits per heavy atom. The number of nitrogens with zero attached hydrogens (tertiary/aromatic N) is 2. The van der Waals surface area contributed by atoms with Crippen LogP contribution in [0.2, 0.25) is 0 Å². The van der Waals surface area contributed by atoms with Crippen LogP contribution in [0.1, 0.15) is 41.6 Å². The molecule has 0 bridgehead atoms. The van der Waals surface area contributed by atoms with Gasteiger partial charge in [0, 0.05) is 28.7 Å². The Morgan fingerprint density at radius 3 is 2.38 bits per heavy atom. The molecule has 3 aromatic rings. The number of aromatic nitrogens is 2. The minimum Gasteiger partial charge on any atom is -0.449 e. The van der Waals surface area contributed by atoms with Crippen molar-refractivity contribution in [3.05, 3.63) is 76.0 Å². The fraction of sp³-hybridized carbons (Fsp3) is 0.227. The maximum Gasteiger partial charge on any atom is 0.573 e. The molecule has 0 aliphatic rings. The number of carbonyl (C=O) groups excluding carboxylic acids is 2. The van der Waals surface area contributed by atoms with Crippen LogP contribution in [0.5, 0.6) is 5.75 Å². The highest BCUT2D eigenvalue weighted by Crippen LogP contribution is 2.32. The summed E-state index contributed by atoms with van der Waals surface area (Å²) >= 11 is 3.36. The second-order valence-corrected chi connectivity index (χ2v) is 7.65. The van der Waals surface area contributed by atoms with Crippen LogP contribution in [0.4, 0.5) is 13.2 Å². The molecule has 0 fully saturated rings. The Bertz CT molecular complexity index is 1130. The highest BCUT2D eigenvalue weighted by Gasteiger charge is 2.32. The van der Waals surface area contributed by atoms with Crippen LogP contribution < -0.4 is 4.74 Å². The number of ether oxygens (including phenoxy) is 2. The van der Waals surface area contributed by atoms with E-state index in [1.54, 1.807) is 29.1 Å². The third kappa shape index (κ3) is 5.76. The summed E-state index contributed by atoms with van der Waals surface area (Å²) in [6.45, 7) is 3.12. The predicted octanol–water partition coefficient (Wildman–Crippen LogP) is 5.58. The molecule has 0 aliphatic heterocycles. The second-order valence-electron chi connectivity index (χ2n) is 6.73. The van der Waals surface area contributed by atoms with E-state index in [-0.39, 0.29) is 5.56 Å². The van der Waals surface area contributed by atoms with Crippen molar-refractivity contribution in [2.45, 2.75) is 32.7 Å². The first-order valence-corrected chi connectivity index (χ1v) is 10.3. The maximum atomic E-state index is 13.2. The number of halogens is 4. The number of ketones is 1. The van der Waals surface area contributed by atoms with E-state index in [0.717, 1.165) is 17.8 Å². The van der Waals surface area contributed by atoms with Crippen LogP contribution in [0.3, 0.4) is 0 Å². The molecule has 0 radical (unpaired) electrons. The number of alkyl halides is 3. The zero-order valence-corrected chi connectivity index (χ0v) is 18.6. The van der Waals surface area contributed by atoms with E-state index in [4.69, 9.17) is 4.74 Å². The molecule has 168 valence electrons. The maximum absolute atomic E-state index is 13.2. The number of esters is 1. The van der Waals surface area contributed by atoms with E-state index in [9.17, 15) is 22.8 Å². The summed E-state index contributed by atoms with van der Waals surface area (Å²) in [5, 5.41) is 4.46. The summed E-state index contributed by atoms with van der Waals surface area (Å²) in [7, 11) is 0. The van der Waals surface area contributed by atoms with Crippen molar-refractivity contribution < 1.29 is 32.2 Å². The fourth-order valence-electron chi connectivity index (χ4n) is 3.02. The lowest BCUT2D eigenvalue weighted by Gasteiger charge is -2.20. The van der Waals surface area contributed by atoms with Crippen molar-refractivity contribution in [1.29, 1.82) is 0 Å². The minimum atomic E-state index is -4.85. The molecule has 0 aliphatic carbocycles. The Hall–Kier alpha value is -3.14. The lowest BCUT2D eigenvalue weighted by atomic mass is 9.98. The molecule has 0 amide bonds. The summed E-state index contributed by atoms with van der Waals surface area (Å²) in [6, 6.07) is 11.3. The topological polar surface area (TPSA) is 70.4 Å². The summed E-state index contributed by atoms with van der Waals surface area (Å²) in [5.41, 5.74) is 1.76. The van der Waals surface area contributed by atoms with Crippen molar-refractivity contribution >= 4 is 27.7 Å². The molecule has 1 aromatic heterocycles. The largest absolute Gasteiger partial charge is 0.573 e. The van der Waals surface area contributed by atoms with Gasteiger partial charge in [0.2, 0.25) is 5.78 Å². The predicted molar refractivity (Wildman–Crippen MR) is 113 cm³/mol. The molecule has 1 heterocycles. The zero-order chi connectivity index (χ0) is 23.5. The summed E-state index contributed by atoms with van der Waals surface area (Å²) in [6.07, 6.45) is -3.76. The number of aryl methyl sites for hydroxylation is 1. The fourth-order valence-corrected chi connectivity index (χ4v) is 3.40. The number of Topliss-reactive ketones (excluding diaryl/α,β-unsaturated/α-hetero) is 1. The minimum absolute atomic E-state index is 0.0476. The first kappa shape index (κ1) is 23.5. The summed E-state index contributed by atoms with van der Waals surface area (Å²) in [5.74, 6) is -1.77. The van der Waals surface area contributed by atoms with E-state index >= 15 is 0 Å². The molecule has 0 spiro atoms. The Morgan fingerprint density at radius 2 is 1.81 bits per heavy atom. The first-order valence-electron chi connectivity index (χ1n) is 9.49. The van der Waals surface area contributed by atoms with Gasteiger partial charge < -0.3 is 9.47 Å². The van der Waals surface area contributed by atoms with Crippen molar-refractivity contribution in [3.63, 3.8) is 0 Å². The van der Waals surface area contributed by atoms with Gasteiger partial charge in [0.05, 0.1) is 11.4 Å². The van der Waals surface area contributed by atoms with Crippen molar-refractivity contribution in [2.24, 2.45) is 0 Å². The van der Waals surface area contributed by atoms with Crippen LogP contribution in [-0.2, 0) is 16.0 Å². The molecule has 1 atom stereocenters. The number of hydrogen-bond donors (Lipinski definition) is 0. The van der Waals surface area contributed by atoms with Gasteiger partial charge in [-0.3, -0.25) is 9.59 Å². The van der Waals surface area contributed by atoms with Crippen molar-refractivity contribution in [2.75, 3.05) is 0 Å².